The van der Waals surface area contributed by atoms with E-state index in [1.54, 1.807) is 0 Å². The van der Waals surface area contributed by atoms with Crippen LogP contribution < -0.4 is 10.2 Å². The number of oxazole rings is 2. The predicted molar refractivity (Wildman–Crippen MR) is 280 cm³/mol. The van der Waals surface area contributed by atoms with E-state index in [1.807, 2.05) is 110 Å². The highest BCUT2D eigenvalue weighted by Crippen LogP contribution is 2.47. The Labute approximate surface area is 395 Å². The molecule has 4 heterocycles. The first kappa shape index (κ1) is 39.8. The maximum Gasteiger partial charge on any atom is 0.227 e. The Kier molecular flexibility index (Phi) is 9.29. The summed E-state index contributed by atoms with van der Waals surface area (Å²) in [5.74, 6) is 1.84. The molecular formula is C59H40N8O2. The molecule has 0 bridgehead atoms. The molecule has 0 aliphatic carbocycles. The molecule has 328 valence electrons. The third-order valence-corrected chi connectivity index (χ3v) is 12.9. The largest absolute Gasteiger partial charge is 0.435 e. The van der Waals surface area contributed by atoms with Gasteiger partial charge < -0.3 is 19.1 Å². The summed E-state index contributed by atoms with van der Waals surface area (Å²) in [7, 11) is 2.04. The summed E-state index contributed by atoms with van der Waals surface area (Å²) < 4.78 is 18.3. The quantitative estimate of drug-likeness (QED) is 0.136. The fourth-order valence-corrected chi connectivity index (χ4v) is 9.62. The summed E-state index contributed by atoms with van der Waals surface area (Å²) in [5.41, 5.74) is 17.4. The number of imidazole rings is 2. The average molecular weight is 893 g/mol. The summed E-state index contributed by atoms with van der Waals surface area (Å²) in [6.45, 7) is 3.80. The molecule has 1 N–H and O–H groups in total. The Morgan fingerprint density at radius 2 is 1.01 bits per heavy atom. The van der Waals surface area contributed by atoms with Gasteiger partial charge in [-0.05, 0) is 115 Å². The number of hydrogen-bond donors (Lipinski definition) is 1. The standard InChI is InChI=1S/C59H40N8O2/c1-60-43-21-9-12-24-46(43)65(2)47-25-13-10-22-44(47)61-41-33-29-37(30-34-41)51-53-56(69-57(63-53)39-17-5-3-6-18-39)52(54-55(51)68-58(64-54)40-19-7-4-8-20-40)38-31-35-42(36-32-38)66-49-27-15-16-28-50(49)67-48-26-14-11-23-45(48)62-59(66)67/h3-36,61H,1H2,2H3. The van der Waals surface area contributed by atoms with Crippen LogP contribution in [0.3, 0.4) is 0 Å². The van der Waals surface area contributed by atoms with Gasteiger partial charge in [0.15, 0.2) is 11.2 Å². The second-order valence-corrected chi connectivity index (χ2v) is 16.9. The number of nitrogens with one attached hydrogen (secondary N) is 1. The Bertz CT molecular complexity index is 3980. The minimum Gasteiger partial charge on any atom is -0.435 e. The highest BCUT2D eigenvalue weighted by molar-refractivity contribution is 6.16. The lowest BCUT2D eigenvalue weighted by atomic mass is 9.96. The molecule has 0 saturated carbocycles. The van der Waals surface area contributed by atoms with Crippen LogP contribution in [0.15, 0.2) is 220 Å². The molecule has 0 radical (unpaired) electrons. The van der Waals surface area contributed by atoms with E-state index in [4.69, 9.17) is 23.8 Å². The number of fused-ring (bicyclic) bond motifs is 7. The minimum absolute atomic E-state index is 0.500. The van der Waals surface area contributed by atoms with Crippen LogP contribution in [-0.2, 0) is 0 Å². The SMILES string of the molecule is C=Nc1ccccc1N(C)c1ccccc1Nc1ccc(-c2c3nc(-c4ccccc4)oc3c(-c3ccc(-n4c5ccccc5n5c6ccccc6nc45)cc3)c3nc(-c4ccccc4)oc23)cc1. The maximum absolute atomic E-state index is 6.93. The summed E-state index contributed by atoms with van der Waals surface area (Å²) >= 11 is 0. The topological polar surface area (TPSA) is 102 Å². The van der Waals surface area contributed by atoms with E-state index in [0.717, 1.165) is 95.3 Å². The molecule has 0 fully saturated rings. The van der Waals surface area contributed by atoms with Crippen molar-refractivity contribution in [1.29, 1.82) is 0 Å². The van der Waals surface area contributed by atoms with Gasteiger partial charge in [-0.2, -0.15) is 0 Å². The molecule has 0 aliphatic rings. The number of aromatic nitrogens is 5. The lowest BCUT2D eigenvalue weighted by Crippen LogP contribution is -2.11. The van der Waals surface area contributed by atoms with Crippen molar-refractivity contribution < 1.29 is 8.83 Å². The van der Waals surface area contributed by atoms with Gasteiger partial charge in [0.1, 0.15) is 11.0 Å². The Morgan fingerprint density at radius 3 is 1.65 bits per heavy atom. The highest BCUT2D eigenvalue weighted by atomic mass is 16.4. The molecule has 0 atom stereocenters. The van der Waals surface area contributed by atoms with Crippen LogP contribution in [0.4, 0.5) is 28.4 Å². The molecular weight excluding hydrogens is 853 g/mol. The Balaban J connectivity index is 0.970. The van der Waals surface area contributed by atoms with Crippen LogP contribution in [0.1, 0.15) is 0 Å². The second-order valence-electron chi connectivity index (χ2n) is 16.9. The number of nitrogens with zero attached hydrogens (tertiary/aromatic N) is 7. The monoisotopic (exact) mass is 892 g/mol. The first-order chi connectivity index (χ1) is 34.1. The molecule has 0 amide bonds. The molecule has 0 unspecified atom stereocenters. The summed E-state index contributed by atoms with van der Waals surface area (Å²) in [4.78, 5) is 22.1. The molecule has 4 aromatic heterocycles. The number of aliphatic imine (C=N–C) groups is 1. The van der Waals surface area contributed by atoms with Gasteiger partial charge in [-0.3, -0.25) is 14.0 Å². The fraction of sp³-hybridized carbons (Fsp3) is 0.0169. The van der Waals surface area contributed by atoms with Crippen molar-refractivity contribution in [2.45, 2.75) is 0 Å². The minimum atomic E-state index is 0.500. The molecule has 0 saturated heterocycles. The summed E-state index contributed by atoms with van der Waals surface area (Å²) in [5, 5.41) is 3.67. The molecule has 10 heteroatoms. The van der Waals surface area contributed by atoms with Crippen molar-refractivity contribution in [3.05, 3.63) is 206 Å². The van der Waals surface area contributed by atoms with E-state index in [1.165, 1.54) is 0 Å². The molecule has 69 heavy (non-hydrogen) atoms. The van der Waals surface area contributed by atoms with Crippen molar-refractivity contribution in [2.75, 3.05) is 17.3 Å². The molecule has 10 nitrogen and oxygen atoms in total. The molecule has 0 spiro atoms. The summed E-state index contributed by atoms with van der Waals surface area (Å²) in [6, 6.07) is 69.7. The number of rotatable bonds is 10. The van der Waals surface area contributed by atoms with Crippen LogP contribution in [0.2, 0.25) is 0 Å². The lowest BCUT2D eigenvalue weighted by Gasteiger charge is -2.24. The van der Waals surface area contributed by atoms with Crippen LogP contribution in [-0.4, -0.2) is 37.7 Å². The Hall–Kier alpha value is -9.54. The van der Waals surface area contributed by atoms with Gasteiger partial charge >= 0.3 is 0 Å². The van der Waals surface area contributed by atoms with E-state index in [9.17, 15) is 0 Å². The molecule has 13 aromatic rings. The van der Waals surface area contributed by atoms with Crippen LogP contribution >= 0.6 is 0 Å². The zero-order valence-electron chi connectivity index (χ0n) is 37.3. The maximum atomic E-state index is 6.93. The number of benzene rings is 9. The zero-order chi connectivity index (χ0) is 46.0. The highest BCUT2D eigenvalue weighted by Gasteiger charge is 2.28. The second kappa shape index (κ2) is 16.1. The van der Waals surface area contributed by atoms with Gasteiger partial charge in [0, 0.05) is 29.5 Å². The van der Waals surface area contributed by atoms with Gasteiger partial charge in [-0.25, -0.2) is 15.0 Å². The van der Waals surface area contributed by atoms with Gasteiger partial charge in [-0.15, -0.1) is 0 Å². The third kappa shape index (κ3) is 6.57. The average Bonchev–Trinajstić information content (AvgIpc) is 4.21. The molecule has 13 rings (SSSR count). The van der Waals surface area contributed by atoms with Crippen LogP contribution in [0.25, 0.3) is 101 Å². The van der Waals surface area contributed by atoms with Crippen molar-refractivity contribution in [3.8, 4) is 50.8 Å². The van der Waals surface area contributed by atoms with Crippen molar-refractivity contribution in [2.24, 2.45) is 4.99 Å². The molecule has 0 aliphatic heterocycles. The normalized spacial score (nSPS) is 11.6. The van der Waals surface area contributed by atoms with Crippen molar-refractivity contribution in [3.63, 3.8) is 0 Å². The Morgan fingerprint density at radius 1 is 0.493 bits per heavy atom. The first-order valence-electron chi connectivity index (χ1n) is 22.7. The lowest BCUT2D eigenvalue weighted by molar-refractivity contribution is 0.619. The predicted octanol–water partition coefficient (Wildman–Crippen LogP) is 15.2. The van der Waals surface area contributed by atoms with E-state index in [2.05, 4.69) is 134 Å². The van der Waals surface area contributed by atoms with Crippen LogP contribution in [0.5, 0.6) is 0 Å². The number of anilines is 4. The smallest absolute Gasteiger partial charge is 0.227 e. The fourth-order valence-electron chi connectivity index (χ4n) is 9.62. The van der Waals surface area contributed by atoms with E-state index in [0.29, 0.717) is 34.0 Å². The van der Waals surface area contributed by atoms with Gasteiger partial charge in [-0.1, -0.05) is 109 Å². The van der Waals surface area contributed by atoms with Gasteiger partial charge in [0.05, 0.1) is 55.9 Å². The number of hydrogen-bond acceptors (Lipinski definition) is 8. The van der Waals surface area contributed by atoms with Crippen molar-refractivity contribution >= 4 is 85.2 Å². The zero-order valence-corrected chi connectivity index (χ0v) is 37.3. The third-order valence-electron chi connectivity index (χ3n) is 12.9. The van der Waals surface area contributed by atoms with Crippen LogP contribution in [0, 0.1) is 0 Å². The van der Waals surface area contributed by atoms with E-state index < -0.39 is 0 Å². The number of para-hydroxylation sites is 8. The summed E-state index contributed by atoms with van der Waals surface area (Å²) in [6.07, 6.45) is 0. The van der Waals surface area contributed by atoms with E-state index >= 15 is 0 Å². The van der Waals surface area contributed by atoms with Crippen molar-refractivity contribution in [1.82, 2.24) is 23.9 Å². The molecule has 9 aromatic carbocycles. The van der Waals surface area contributed by atoms with Gasteiger partial charge in [0.25, 0.3) is 0 Å². The first-order valence-corrected chi connectivity index (χ1v) is 22.7. The van der Waals surface area contributed by atoms with Gasteiger partial charge in [0.2, 0.25) is 17.6 Å². The van der Waals surface area contributed by atoms with E-state index in [-0.39, 0.29) is 0 Å².